The third-order valence-corrected chi connectivity index (χ3v) is 9.37. The number of hydrogen-bond acceptors (Lipinski definition) is 6. The van der Waals surface area contributed by atoms with Crippen LogP contribution < -0.4 is 10.9 Å². The summed E-state index contributed by atoms with van der Waals surface area (Å²) < 4.78 is 32.7. The molecule has 1 aliphatic rings. The number of ether oxygens (including phenoxy) is 1. The topological polar surface area (TPSA) is 106 Å². The molecular weight excluding hydrogens is 428 g/mol. The summed E-state index contributed by atoms with van der Waals surface area (Å²) in [6.45, 7) is 8.61. The van der Waals surface area contributed by atoms with Crippen LogP contribution in [0.4, 0.5) is 11.5 Å². The third kappa shape index (κ3) is 3.84. The molecule has 0 radical (unpaired) electrons. The Kier molecular flexibility index (Phi) is 5.89. The monoisotopic (exact) mass is 458 g/mol. The predicted octanol–water partition coefficient (Wildman–Crippen LogP) is 4.03. The van der Waals surface area contributed by atoms with Gasteiger partial charge in [0.2, 0.25) is 0 Å². The van der Waals surface area contributed by atoms with Gasteiger partial charge in [-0.25, -0.2) is 8.42 Å². The number of sulfone groups is 1. The maximum absolute atomic E-state index is 13.1. The van der Waals surface area contributed by atoms with Crippen molar-refractivity contribution in [2.24, 2.45) is 5.92 Å². The Morgan fingerprint density at radius 3 is 2.56 bits per heavy atom. The van der Waals surface area contributed by atoms with Crippen molar-refractivity contribution in [1.29, 1.82) is 0 Å². The Morgan fingerprint density at radius 2 is 1.94 bits per heavy atom. The van der Waals surface area contributed by atoms with E-state index in [1.807, 2.05) is 24.6 Å². The van der Waals surface area contributed by atoms with E-state index >= 15 is 0 Å². The second kappa shape index (κ2) is 8.37. The fourth-order valence-electron chi connectivity index (χ4n) is 3.85. The molecule has 3 heterocycles. The zero-order chi connectivity index (χ0) is 23.1. The SMILES string of the molecule is CC(C)C(C)(C)S(=O)(=O)c1ccc(Nc2nn(C3CCCOC3)c3cc[nH]c(=O)c23)cc1. The van der Waals surface area contributed by atoms with E-state index in [1.54, 1.807) is 44.3 Å². The molecule has 4 rings (SSSR count). The second-order valence-electron chi connectivity index (χ2n) is 9.14. The molecule has 0 bridgehead atoms. The van der Waals surface area contributed by atoms with Gasteiger partial charge in [0, 0.05) is 18.5 Å². The Bertz CT molecular complexity index is 1270. The van der Waals surface area contributed by atoms with Gasteiger partial charge >= 0.3 is 0 Å². The second-order valence-corrected chi connectivity index (χ2v) is 11.7. The number of H-pyrrole nitrogens is 1. The lowest BCUT2D eigenvalue weighted by molar-refractivity contribution is 0.0566. The van der Waals surface area contributed by atoms with Gasteiger partial charge in [-0.15, -0.1) is 0 Å². The number of aromatic amines is 1. The Hall–Kier alpha value is -2.65. The van der Waals surface area contributed by atoms with Crippen LogP contribution in [0.15, 0.2) is 46.2 Å². The Morgan fingerprint density at radius 1 is 1.22 bits per heavy atom. The first-order valence-electron chi connectivity index (χ1n) is 10.9. The molecule has 1 aromatic carbocycles. The average Bonchev–Trinajstić information content (AvgIpc) is 3.14. The van der Waals surface area contributed by atoms with Crippen LogP contribution in [-0.4, -0.2) is 41.1 Å². The molecule has 1 atom stereocenters. The molecular formula is C23H30N4O4S. The molecule has 32 heavy (non-hydrogen) atoms. The van der Waals surface area contributed by atoms with Gasteiger partial charge in [0.15, 0.2) is 15.7 Å². The summed E-state index contributed by atoms with van der Waals surface area (Å²) in [7, 11) is -3.50. The van der Waals surface area contributed by atoms with E-state index in [4.69, 9.17) is 9.84 Å². The number of benzene rings is 1. The van der Waals surface area contributed by atoms with Crippen molar-refractivity contribution in [3.05, 3.63) is 46.9 Å². The summed E-state index contributed by atoms with van der Waals surface area (Å²) in [5, 5.41) is 8.36. The lowest BCUT2D eigenvalue weighted by atomic mass is 10.00. The summed E-state index contributed by atoms with van der Waals surface area (Å²) in [6, 6.07) is 8.51. The molecule has 1 saturated heterocycles. The van der Waals surface area contributed by atoms with Gasteiger partial charge in [-0.3, -0.25) is 9.48 Å². The van der Waals surface area contributed by atoms with Crippen LogP contribution in [0.5, 0.6) is 0 Å². The maximum atomic E-state index is 13.1. The van der Waals surface area contributed by atoms with Crippen molar-refractivity contribution in [2.45, 2.75) is 56.2 Å². The average molecular weight is 459 g/mol. The fraction of sp³-hybridized carbons (Fsp3) is 0.478. The molecule has 0 spiro atoms. The van der Waals surface area contributed by atoms with Gasteiger partial charge in [0.1, 0.15) is 5.39 Å². The number of fused-ring (bicyclic) bond motifs is 1. The van der Waals surface area contributed by atoms with Crippen LogP contribution >= 0.6 is 0 Å². The lowest BCUT2D eigenvalue weighted by Gasteiger charge is -2.29. The van der Waals surface area contributed by atoms with Gasteiger partial charge in [0.05, 0.1) is 27.8 Å². The molecule has 3 aromatic rings. The van der Waals surface area contributed by atoms with Gasteiger partial charge in [-0.1, -0.05) is 13.8 Å². The van der Waals surface area contributed by atoms with E-state index in [2.05, 4.69) is 10.3 Å². The molecule has 2 aromatic heterocycles. The maximum Gasteiger partial charge on any atom is 0.261 e. The number of anilines is 2. The first-order valence-corrected chi connectivity index (χ1v) is 12.4. The van der Waals surface area contributed by atoms with E-state index in [9.17, 15) is 13.2 Å². The molecule has 1 unspecified atom stereocenters. The zero-order valence-electron chi connectivity index (χ0n) is 18.9. The van der Waals surface area contributed by atoms with Crippen LogP contribution in [0.25, 0.3) is 10.9 Å². The highest BCUT2D eigenvalue weighted by molar-refractivity contribution is 7.92. The van der Waals surface area contributed by atoms with Crippen molar-refractivity contribution in [2.75, 3.05) is 18.5 Å². The smallest absolute Gasteiger partial charge is 0.261 e. The molecule has 0 aliphatic carbocycles. The molecule has 2 N–H and O–H groups in total. The van der Waals surface area contributed by atoms with Crippen molar-refractivity contribution in [3.8, 4) is 0 Å². The van der Waals surface area contributed by atoms with E-state index in [0.29, 0.717) is 23.5 Å². The number of aromatic nitrogens is 3. The van der Waals surface area contributed by atoms with Crippen molar-refractivity contribution >= 4 is 32.2 Å². The van der Waals surface area contributed by atoms with Crippen molar-refractivity contribution in [3.63, 3.8) is 0 Å². The van der Waals surface area contributed by atoms with E-state index in [-0.39, 0.29) is 22.4 Å². The molecule has 172 valence electrons. The molecule has 1 aliphatic heterocycles. The Balaban J connectivity index is 1.68. The van der Waals surface area contributed by atoms with E-state index < -0.39 is 14.6 Å². The van der Waals surface area contributed by atoms with Gasteiger partial charge < -0.3 is 15.0 Å². The van der Waals surface area contributed by atoms with E-state index in [0.717, 1.165) is 25.0 Å². The first-order chi connectivity index (χ1) is 15.1. The summed E-state index contributed by atoms with van der Waals surface area (Å²) in [6.07, 6.45) is 3.49. The van der Waals surface area contributed by atoms with Crippen LogP contribution in [0.1, 0.15) is 46.6 Å². The number of nitrogens with zero attached hydrogens (tertiary/aromatic N) is 2. The third-order valence-electron chi connectivity index (χ3n) is 6.62. The predicted molar refractivity (Wildman–Crippen MR) is 125 cm³/mol. The quantitative estimate of drug-likeness (QED) is 0.578. The highest BCUT2D eigenvalue weighted by Gasteiger charge is 2.38. The minimum absolute atomic E-state index is 0.0314. The highest BCUT2D eigenvalue weighted by atomic mass is 32.2. The van der Waals surface area contributed by atoms with Crippen LogP contribution in [0.3, 0.4) is 0 Å². The van der Waals surface area contributed by atoms with Crippen LogP contribution in [0.2, 0.25) is 0 Å². The molecule has 8 nitrogen and oxygen atoms in total. The molecule has 9 heteroatoms. The van der Waals surface area contributed by atoms with Gasteiger partial charge in [-0.05, 0) is 62.9 Å². The minimum atomic E-state index is -3.50. The number of pyridine rings is 1. The minimum Gasteiger partial charge on any atom is -0.379 e. The normalized spacial score (nSPS) is 17.7. The van der Waals surface area contributed by atoms with Crippen molar-refractivity contribution in [1.82, 2.24) is 14.8 Å². The fourth-order valence-corrected chi connectivity index (χ4v) is 5.57. The highest BCUT2D eigenvalue weighted by Crippen LogP contribution is 2.33. The number of nitrogens with one attached hydrogen (secondary N) is 2. The molecule has 1 fully saturated rings. The number of rotatable bonds is 6. The standard InChI is InChI=1S/C23H30N4O4S/c1-15(2)23(3,4)32(29,30)18-9-7-16(8-10-18)25-21-20-19(11-12-24-22(20)28)27(26-21)17-6-5-13-31-14-17/h7-12,15,17H,5-6,13-14H2,1-4H3,(H,24,28)(H,25,26). The zero-order valence-corrected chi connectivity index (χ0v) is 19.7. The lowest BCUT2D eigenvalue weighted by Crippen LogP contribution is -2.37. The molecule has 0 saturated carbocycles. The van der Waals surface area contributed by atoms with Gasteiger partial charge in [-0.2, -0.15) is 5.10 Å². The summed E-state index contributed by atoms with van der Waals surface area (Å²) in [5.41, 5.74) is 1.16. The van der Waals surface area contributed by atoms with E-state index in [1.165, 1.54) is 0 Å². The first kappa shape index (κ1) is 22.5. The summed E-state index contributed by atoms with van der Waals surface area (Å²) >= 11 is 0. The summed E-state index contributed by atoms with van der Waals surface area (Å²) in [4.78, 5) is 15.6. The van der Waals surface area contributed by atoms with Crippen LogP contribution in [0, 0.1) is 5.92 Å². The largest absolute Gasteiger partial charge is 0.379 e. The van der Waals surface area contributed by atoms with Crippen molar-refractivity contribution < 1.29 is 13.2 Å². The summed E-state index contributed by atoms with van der Waals surface area (Å²) in [5.74, 6) is 0.404. The number of hydrogen-bond donors (Lipinski definition) is 2. The van der Waals surface area contributed by atoms with Gasteiger partial charge in [0.25, 0.3) is 5.56 Å². The Labute approximate surface area is 187 Å². The molecule has 0 amide bonds. The van der Waals surface area contributed by atoms with Crippen LogP contribution in [-0.2, 0) is 14.6 Å².